The van der Waals surface area contributed by atoms with Crippen LogP contribution in [-0.2, 0) is 16.2 Å². The summed E-state index contributed by atoms with van der Waals surface area (Å²) in [6.45, 7) is 2.20. The van der Waals surface area contributed by atoms with Crippen LogP contribution in [0.15, 0.2) is 53.9 Å². The summed E-state index contributed by atoms with van der Waals surface area (Å²) in [5.41, 5.74) is 2.58. The largest absolute Gasteiger partial charge is 0.472 e. The summed E-state index contributed by atoms with van der Waals surface area (Å²) < 4.78 is 5.96. The lowest BCUT2D eigenvalue weighted by atomic mass is 10.0. The Balaban J connectivity index is 1.84. The van der Waals surface area contributed by atoms with Crippen LogP contribution in [0.3, 0.4) is 0 Å². The Morgan fingerprint density at radius 2 is 2.07 bits per heavy atom. The molecule has 0 unspecified atom stereocenters. The summed E-state index contributed by atoms with van der Waals surface area (Å²) >= 11 is 1.55. The number of benzene rings is 1. The fourth-order valence-electron chi connectivity index (χ4n) is 2.58. The molecule has 7 nitrogen and oxygen atoms in total. The minimum atomic E-state index is -0.335. The number of rotatable bonds is 7. The van der Waals surface area contributed by atoms with Gasteiger partial charge in [-0.25, -0.2) is 4.98 Å². The molecule has 0 bridgehead atoms. The van der Waals surface area contributed by atoms with Gasteiger partial charge in [-0.2, -0.15) is 0 Å². The lowest BCUT2D eigenvalue weighted by molar-refractivity contribution is -0.114. The van der Waals surface area contributed by atoms with Gasteiger partial charge in [0.1, 0.15) is 18.7 Å². The van der Waals surface area contributed by atoms with E-state index in [9.17, 15) is 4.79 Å². The van der Waals surface area contributed by atoms with Crippen molar-refractivity contribution in [2.45, 2.75) is 13.5 Å². The Hall–Kier alpha value is -3.26. The van der Waals surface area contributed by atoms with E-state index in [1.54, 1.807) is 36.8 Å². The smallest absolute Gasteiger partial charge is 0.273 e. The Labute approximate surface area is 167 Å². The minimum absolute atomic E-state index is 0.190. The van der Waals surface area contributed by atoms with E-state index in [0.29, 0.717) is 11.4 Å². The maximum absolute atomic E-state index is 12.2. The lowest BCUT2D eigenvalue weighted by Gasteiger charge is -2.11. The number of nitrogens with zero attached hydrogens (tertiary/aromatic N) is 3. The summed E-state index contributed by atoms with van der Waals surface area (Å²) in [6.07, 6.45) is 3.50. The van der Waals surface area contributed by atoms with Crippen LogP contribution in [0.4, 0.5) is 0 Å². The Kier molecular flexibility index (Phi) is 6.33. The van der Waals surface area contributed by atoms with Crippen molar-refractivity contribution in [1.29, 1.82) is 0 Å². The van der Waals surface area contributed by atoms with Gasteiger partial charge in [-0.1, -0.05) is 29.4 Å². The molecule has 0 saturated heterocycles. The SMILES string of the molecule is CNC(=O)/C(=N/OC)c1ccccc1COc1nc(-c2cccnc2)sc1C. The zero-order valence-corrected chi connectivity index (χ0v) is 16.6. The fourth-order valence-corrected chi connectivity index (χ4v) is 3.42. The molecule has 3 rings (SSSR count). The molecule has 0 aliphatic heterocycles. The van der Waals surface area contributed by atoms with Gasteiger partial charge in [-0.3, -0.25) is 9.78 Å². The molecule has 0 spiro atoms. The topological polar surface area (TPSA) is 85.7 Å². The maximum atomic E-state index is 12.2. The Bertz CT molecular complexity index is 986. The van der Waals surface area contributed by atoms with Crippen molar-refractivity contribution < 1.29 is 14.4 Å². The summed E-state index contributed by atoms with van der Waals surface area (Å²) in [5, 5.41) is 7.29. The molecule has 2 heterocycles. The zero-order chi connectivity index (χ0) is 19.9. The van der Waals surface area contributed by atoms with Gasteiger partial charge < -0.3 is 14.9 Å². The van der Waals surface area contributed by atoms with E-state index >= 15 is 0 Å². The van der Waals surface area contributed by atoms with Gasteiger partial charge in [-0.05, 0) is 24.6 Å². The van der Waals surface area contributed by atoms with E-state index in [0.717, 1.165) is 21.0 Å². The van der Waals surface area contributed by atoms with Crippen LogP contribution in [0.2, 0.25) is 0 Å². The molecule has 1 N–H and O–H groups in total. The van der Waals surface area contributed by atoms with Crippen LogP contribution in [0.25, 0.3) is 10.6 Å². The van der Waals surface area contributed by atoms with E-state index < -0.39 is 0 Å². The number of likely N-dealkylation sites (N-methyl/N-ethyl adjacent to an activating group) is 1. The predicted octanol–water partition coefficient (Wildman–Crippen LogP) is 3.19. The summed E-state index contributed by atoms with van der Waals surface area (Å²) in [4.78, 5) is 26.7. The third kappa shape index (κ3) is 4.34. The summed E-state index contributed by atoms with van der Waals surface area (Å²) in [6, 6.07) is 11.2. The molecule has 0 radical (unpaired) electrons. The third-order valence-electron chi connectivity index (χ3n) is 3.92. The number of thiazole rings is 1. The second-order valence-corrected chi connectivity index (χ2v) is 6.97. The highest BCUT2D eigenvalue weighted by molar-refractivity contribution is 7.15. The van der Waals surface area contributed by atoms with Gasteiger partial charge >= 0.3 is 0 Å². The number of carbonyl (C=O) groups is 1. The molecule has 144 valence electrons. The standard InChI is InChI=1S/C20H20N4O3S/c1-13-19(23-20(28-13)14-8-6-10-22-11-14)27-12-15-7-4-5-9-16(15)17(24-26-3)18(25)21-2/h4-11H,12H2,1-3H3,(H,21,25)/b24-17+. The summed E-state index contributed by atoms with van der Waals surface area (Å²) in [7, 11) is 2.95. The number of oxime groups is 1. The molecule has 0 aliphatic rings. The number of aryl methyl sites for hydroxylation is 1. The average Bonchev–Trinajstić information content (AvgIpc) is 3.11. The molecule has 8 heteroatoms. The molecule has 2 aromatic heterocycles. The number of hydrogen-bond acceptors (Lipinski definition) is 7. The second-order valence-electron chi connectivity index (χ2n) is 5.77. The van der Waals surface area contributed by atoms with Crippen LogP contribution in [0.1, 0.15) is 16.0 Å². The average molecular weight is 396 g/mol. The van der Waals surface area contributed by atoms with Crippen LogP contribution >= 0.6 is 11.3 Å². The van der Waals surface area contributed by atoms with Gasteiger partial charge in [0.15, 0.2) is 5.71 Å². The Morgan fingerprint density at radius 1 is 1.25 bits per heavy atom. The van der Waals surface area contributed by atoms with E-state index in [-0.39, 0.29) is 18.2 Å². The van der Waals surface area contributed by atoms with Crippen molar-refractivity contribution >= 4 is 23.0 Å². The lowest BCUT2D eigenvalue weighted by Crippen LogP contribution is -2.29. The van der Waals surface area contributed by atoms with Crippen LogP contribution in [0, 0.1) is 6.92 Å². The molecule has 1 amide bonds. The molecule has 0 atom stereocenters. The van der Waals surface area contributed by atoms with Crippen LogP contribution in [-0.4, -0.2) is 35.7 Å². The van der Waals surface area contributed by atoms with Crippen LogP contribution in [0.5, 0.6) is 5.88 Å². The molecule has 28 heavy (non-hydrogen) atoms. The van der Waals surface area contributed by atoms with Crippen molar-refractivity contribution in [2.75, 3.05) is 14.2 Å². The highest BCUT2D eigenvalue weighted by Gasteiger charge is 2.18. The van der Waals surface area contributed by atoms with Crippen molar-refractivity contribution in [3.63, 3.8) is 0 Å². The maximum Gasteiger partial charge on any atom is 0.273 e. The normalized spacial score (nSPS) is 11.2. The van der Waals surface area contributed by atoms with Crippen molar-refractivity contribution in [3.05, 3.63) is 64.8 Å². The first-order valence-electron chi connectivity index (χ1n) is 8.56. The number of amides is 1. The first-order chi connectivity index (χ1) is 13.6. The number of nitrogens with one attached hydrogen (secondary N) is 1. The second kappa shape index (κ2) is 9.09. The molecule has 0 fully saturated rings. The number of ether oxygens (including phenoxy) is 1. The van der Waals surface area contributed by atoms with Crippen molar-refractivity contribution in [3.8, 4) is 16.5 Å². The van der Waals surface area contributed by atoms with Crippen LogP contribution < -0.4 is 10.1 Å². The monoisotopic (exact) mass is 396 g/mol. The molecular formula is C20H20N4O3S. The number of hydrogen-bond donors (Lipinski definition) is 1. The highest BCUT2D eigenvalue weighted by atomic mass is 32.1. The fraction of sp³-hybridized carbons (Fsp3) is 0.200. The molecule has 1 aromatic carbocycles. The Morgan fingerprint density at radius 3 is 2.79 bits per heavy atom. The molecule has 0 saturated carbocycles. The molecular weight excluding hydrogens is 376 g/mol. The highest BCUT2D eigenvalue weighted by Crippen LogP contribution is 2.31. The molecule has 3 aromatic rings. The first-order valence-corrected chi connectivity index (χ1v) is 9.37. The quantitative estimate of drug-likeness (QED) is 0.490. The number of aromatic nitrogens is 2. The van der Waals surface area contributed by atoms with E-state index in [4.69, 9.17) is 9.57 Å². The minimum Gasteiger partial charge on any atom is -0.472 e. The van der Waals surface area contributed by atoms with Gasteiger partial charge in [0.05, 0.1) is 4.88 Å². The van der Waals surface area contributed by atoms with Gasteiger partial charge in [-0.15, -0.1) is 11.3 Å². The third-order valence-corrected chi connectivity index (χ3v) is 4.93. The molecule has 0 aliphatic carbocycles. The first kappa shape index (κ1) is 19.5. The van der Waals surface area contributed by atoms with E-state index in [1.165, 1.54) is 7.11 Å². The predicted molar refractivity (Wildman–Crippen MR) is 108 cm³/mol. The summed E-state index contributed by atoms with van der Waals surface area (Å²) in [5.74, 6) is 0.224. The van der Waals surface area contributed by atoms with Gasteiger partial charge in [0.2, 0.25) is 5.88 Å². The van der Waals surface area contributed by atoms with E-state index in [1.807, 2.05) is 37.3 Å². The van der Waals surface area contributed by atoms with Gasteiger partial charge in [0, 0.05) is 30.6 Å². The number of carbonyl (C=O) groups excluding carboxylic acids is 1. The van der Waals surface area contributed by atoms with Crippen molar-refractivity contribution in [2.24, 2.45) is 5.16 Å². The van der Waals surface area contributed by atoms with Gasteiger partial charge in [0.25, 0.3) is 5.91 Å². The van der Waals surface area contributed by atoms with Crippen molar-refractivity contribution in [1.82, 2.24) is 15.3 Å². The zero-order valence-electron chi connectivity index (χ0n) is 15.8. The van der Waals surface area contributed by atoms with E-state index in [2.05, 4.69) is 20.4 Å². The number of pyridine rings is 1.